The molecule has 1 N–H and O–H groups in total. The van der Waals surface area contributed by atoms with Crippen LogP contribution in [0.15, 0.2) is 12.1 Å². The largest absolute Gasteiger partial charge is 0.503 e. The summed E-state index contributed by atoms with van der Waals surface area (Å²) < 4.78 is 25.7. The molecule has 0 saturated carbocycles. The first kappa shape index (κ1) is 9.96. The molecule has 3 heteroatoms. The van der Waals surface area contributed by atoms with Crippen LogP contribution in [0.3, 0.4) is 0 Å². The SMILES string of the molecule is CC(C)Cc1ccc(F)c(O)c1F. The van der Waals surface area contributed by atoms with Gasteiger partial charge in [0.15, 0.2) is 17.4 Å². The normalized spacial score (nSPS) is 10.8. The van der Waals surface area contributed by atoms with Gasteiger partial charge in [-0.25, -0.2) is 8.78 Å². The lowest BCUT2D eigenvalue weighted by Gasteiger charge is -2.07. The Morgan fingerprint density at radius 2 is 1.92 bits per heavy atom. The standard InChI is InChI=1S/C10H12F2O/c1-6(2)5-7-3-4-8(11)10(13)9(7)12/h3-4,6,13H,5H2,1-2H3. The summed E-state index contributed by atoms with van der Waals surface area (Å²) in [6.07, 6.45) is 0.500. The van der Waals surface area contributed by atoms with Crippen LogP contribution in [0.2, 0.25) is 0 Å². The highest BCUT2D eigenvalue weighted by Gasteiger charge is 2.12. The molecule has 0 aliphatic heterocycles. The van der Waals surface area contributed by atoms with Crippen LogP contribution in [-0.2, 0) is 6.42 Å². The van der Waals surface area contributed by atoms with Crippen LogP contribution in [0.1, 0.15) is 19.4 Å². The third-order valence-corrected chi connectivity index (χ3v) is 1.78. The highest BCUT2D eigenvalue weighted by molar-refractivity contribution is 5.31. The molecule has 0 amide bonds. The fourth-order valence-corrected chi connectivity index (χ4v) is 1.18. The highest BCUT2D eigenvalue weighted by atomic mass is 19.1. The van der Waals surface area contributed by atoms with Gasteiger partial charge < -0.3 is 5.11 Å². The van der Waals surface area contributed by atoms with Gasteiger partial charge in [-0.15, -0.1) is 0 Å². The van der Waals surface area contributed by atoms with E-state index in [-0.39, 0.29) is 5.92 Å². The Hall–Kier alpha value is -1.12. The summed E-state index contributed by atoms with van der Waals surface area (Å²) in [5.74, 6) is -2.35. The molecule has 0 spiro atoms. The molecular formula is C10H12F2O. The molecule has 1 rings (SSSR count). The van der Waals surface area contributed by atoms with Gasteiger partial charge in [-0.3, -0.25) is 0 Å². The molecule has 72 valence electrons. The molecule has 0 radical (unpaired) electrons. The number of benzene rings is 1. The van der Waals surface area contributed by atoms with Crippen molar-refractivity contribution in [1.82, 2.24) is 0 Å². The van der Waals surface area contributed by atoms with Crippen molar-refractivity contribution in [1.29, 1.82) is 0 Å². The van der Waals surface area contributed by atoms with Gasteiger partial charge in [0.2, 0.25) is 0 Å². The number of aromatic hydroxyl groups is 1. The summed E-state index contributed by atoms with van der Waals surface area (Å²) in [6, 6.07) is 2.44. The van der Waals surface area contributed by atoms with Gasteiger partial charge >= 0.3 is 0 Å². The lowest BCUT2D eigenvalue weighted by atomic mass is 10.0. The predicted octanol–water partition coefficient (Wildman–Crippen LogP) is 2.87. The second-order valence-electron chi connectivity index (χ2n) is 3.47. The average Bonchev–Trinajstić information content (AvgIpc) is 2.06. The molecule has 1 aromatic carbocycles. The molecule has 0 heterocycles. The van der Waals surface area contributed by atoms with E-state index in [1.165, 1.54) is 6.07 Å². The number of halogens is 2. The number of hydrogen-bond donors (Lipinski definition) is 1. The van der Waals surface area contributed by atoms with Crippen LogP contribution >= 0.6 is 0 Å². The molecule has 1 aromatic rings. The van der Waals surface area contributed by atoms with Gasteiger partial charge in [0.25, 0.3) is 0 Å². The smallest absolute Gasteiger partial charge is 0.188 e. The number of rotatable bonds is 2. The molecule has 0 atom stereocenters. The second kappa shape index (κ2) is 3.73. The lowest BCUT2D eigenvalue weighted by molar-refractivity contribution is 0.391. The molecule has 13 heavy (non-hydrogen) atoms. The monoisotopic (exact) mass is 186 g/mol. The van der Waals surface area contributed by atoms with Crippen molar-refractivity contribution in [3.05, 3.63) is 29.3 Å². The minimum atomic E-state index is -0.912. The van der Waals surface area contributed by atoms with Crippen LogP contribution in [0.5, 0.6) is 5.75 Å². The maximum Gasteiger partial charge on any atom is 0.188 e. The van der Waals surface area contributed by atoms with Gasteiger partial charge in [0, 0.05) is 0 Å². The van der Waals surface area contributed by atoms with Crippen molar-refractivity contribution in [2.45, 2.75) is 20.3 Å². The fraction of sp³-hybridized carbons (Fsp3) is 0.400. The van der Waals surface area contributed by atoms with E-state index in [1.54, 1.807) is 0 Å². The first-order valence-corrected chi connectivity index (χ1v) is 4.18. The van der Waals surface area contributed by atoms with Crippen LogP contribution in [0.4, 0.5) is 8.78 Å². The van der Waals surface area contributed by atoms with Crippen molar-refractivity contribution < 1.29 is 13.9 Å². The van der Waals surface area contributed by atoms with E-state index in [4.69, 9.17) is 5.11 Å². The van der Waals surface area contributed by atoms with E-state index < -0.39 is 17.4 Å². The minimum absolute atomic E-state index is 0.277. The van der Waals surface area contributed by atoms with Crippen molar-refractivity contribution in [3.63, 3.8) is 0 Å². The second-order valence-corrected chi connectivity index (χ2v) is 3.47. The minimum Gasteiger partial charge on any atom is -0.503 e. The zero-order valence-corrected chi connectivity index (χ0v) is 7.64. The Labute approximate surface area is 76.0 Å². The Morgan fingerprint density at radius 1 is 1.31 bits per heavy atom. The van der Waals surface area contributed by atoms with Gasteiger partial charge in [-0.2, -0.15) is 0 Å². The topological polar surface area (TPSA) is 20.2 Å². The van der Waals surface area contributed by atoms with Crippen LogP contribution in [0, 0.1) is 17.6 Å². The van der Waals surface area contributed by atoms with Crippen molar-refractivity contribution >= 4 is 0 Å². The van der Waals surface area contributed by atoms with E-state index in [0.29, 0.717) is 12.0 Å². The quantitative estimate of drug-likeness (QED) is 0.752. The molecule has 1 nitrogen and oxygen atoms in total. The Morgan fingerprint density at radius 3 is 2.46 bits per heavy atom. The van der Waals surface area contributed by atoms with Gasteiger partial charge in [-0.1, -0.05) is 19.9 Å². The summed E-state index contributed by atoms with van der Waals surface area (Å²) >= 11 is 0. The fourth-order valence-electron chi connectivity index (χ4n) is 1.18. The molecular weight excluding hydrogens is 174 g/mol. The van der Waals surface area contributed by atoms with Crippen LogP contribution in [-0.4, -0.2) is 5.11 Å². The summed E-state index contributed by atoms with van der Waals surface area (Å²) in [6.45, 7) is 3.86. The summed E-state index contributed by atoms with van der Waals surface area (Å²) in [4.78, 5) is 0. The molecule has 0 aliphatic rings. The Balaban J connectivity index is 3.04. The first-order chi connectivity index (χ1) is 6.02. The molecule has 0 unspecified atom stereocenters. The summed E-state index contributed by atoms with van der Waals surface area (Å²) in [5, 5.41) is 8.95. The lowest BCUT2D eigenvalue weighted by Crippen LogP contribution is -1.98. The van der Waals surface area contributed by atoms with Crippen molar-refractivity contribution in [2.75, 3.05) is 0 Å². The van der Waals surface area contributed by atoms with Gasteiger partial charge in [-0.05, 0) is 24.0 Å². The van der Waals surface area contributed by atoms with Crippen molar-refractivity contribution in [3.8, 4) is 5.75 Å². The van der Waals surface area contributed by atoms with Crippen molar-refractivity contribution in [2.24, 2.45) is 5.92 Å². The highest BCUT2D eigenvalue weighted by Crippen LogP contribution is 2.24. The van der Waals surface area contributed by atoms with Gasteiger partial charge in [0.1, 0.15) is 0 Å². The average molecular weight is 186 g/mol. The number of phenolic OH excluding ortho intramolecular Hbond substituents is 1. The molecule has 0 bridgehead atoms. The summed E-state index contributed by atoms with van der Waals surface area (Å²) in [5.41, 5.74) is 0.355. The predicted molar refractivity (Wildman–Crippen MR) is 46.6 cm³/mol. The molecule has 0 aromatic heterocycles. The third kappa shape index (κ3) is 2.17. The van der Waals surface area contributed by atoms with Crippen LogP contribution in [0.25, 0.3) is 0 Å². The first-order valence-electron chi connectivity index (χ1n) is 4.18. The molecule has 0 aliphatic carbocycles. The van der Waals surface area contributed by atoms with E-state index >= 15 is 0 Å². The third-order valence-electron chi connectivity index (χ3n) is 1.78. The summed E-state index contributed by atoms with van der Waals surface area (Å²) in [7, 11) is 0. The maximum atomic E-state index is 13.1. The van der Waals surface area contributed by atoms with E-state index in [0.717, 1.165) is 6.07 Å². The van der Waals surface area contributed by atoms with Gasteiger partial charge in [0.05, 0.1) is 0 Å². The zero-order valence-electron chi connectivity index (χ0n) is 7.64. The van der Waals surface area contributed by atoms with E-state index in [2.05, 4.69) is 0 Å². The van der Waals surface area contributed by atoms with E-state index in [1.807, 2.05) is 13.8 Å². The van der Waals surface area contributed by atoms with E-state index in [9.17, 15) is 8.78 Å². The maximum absolute atomic E-state index is 13.1. The Kier molecular flexibility index (Phi) is 2.86. The molecule has 0 saturated heterocycles. The molecule has 0 fully saturated rings. The zero-order chi connectivity index (χ0) is 10.0. The number of hydrogen-bond acceptors (Lipinski definition) is 1. The van der Waals surface area contributed by atoms with Crippen LogP contribution < -0.4 is 0 Å². The Bertz CT molecular complexity index is 308. The number of phenols is 1.